The number of pyridine rings is 1. The van der Waals surface area contributed by atoms with Gasteiger partial charge in [0.2, 0.25) is 0 Å². The number of nitrogens with zero attached hydrogens (tertiary/aromatic N) is 2. The van der Waals surface area contributed by atoms with E-state index in [0.29, 0.717) is 0 Å². The lowest BCUT2D eigenvalue weighted by Crippen LogP contribution is -2.11. The molecule has 2 nitrogen and oxygen atoms in total. The fraction of sp³-hybridized carbons (Fsp3) is 0.176. The average molecular weight is 321 g/mol. The molecule has 1 aromatic heterocycles. The summed E-state index contributed by atoms with van der Waals surface area (Å²) >= 11 is 0. The van der Waals surface area contributed by atoms with Crippen LogP contribution in [0.1, 0.15) is 24.0 Å². The molecule has 3 rings (SSSR count). The van der Waals surface area contributed by atoms with Gasteiger partial charge in [0.25, 0.3) is 0 Å². The van der Waals surface area contributed by atoms with Gasteiger partial charge in [-0.1, -0.05) is 30.3 Å². The largest absolute Gasteiger partial charge is 0.284 e. The van der Waals surface area contributed by atoms with Crippen molar-refractivity contribution < 1.29 is 0 Å². The van der Waals surface area contributed by atoms with E-state index in [4.69, 9.17) is 0 Å². The SMILES string of the molecule is C(=C1/CCCN=C1c1cccnc1)/c1ccccc1.Cl.Cl. The minimum atomic E-state index is 0. The number of aliphatic imine (C=N–C) groups is 1. The van der Waals surface area contributed by atoms with Gasteiger partial charge < -0.3 is 0 Å². The molecule has 2 aromatic rings. The van der Waals surface area contributed by atoms with E-state index in [-0.39, 0.29) is 24.8 Å². The van der Waals surface area contributed by atoms with Gasteiger partial charge in [-0.15, -0.1) is 24.8 Å². The van der Waals surface area contributed by atoms with Crippen LogP contribution in [0.2, 0.25) is 0 Å². The van der Waals surface area contributed by atoms with Gasteiger partial charge in [0.1, 0.15) is 0 Å². The summed E-state index contributed by atoms with van der Waals surface area (Å²) in [4.78, 5) is 8.88. The van der Waals surface area contributed by atoms with Crippen LogP contribution >= 0.6 is 24.8 Å². The number of hydrogen-bond donors (Lipinski definition) is 0. The normalized spacial score (nSPS) is 15.6. The van der Waals surface area contributed by atoms with Crippen molar-refractivity contribution in [3.63, 3.8) is 0 Å². The molecule has 4 heteroatoms. The molecule has 0 saturated heterocycles. The molecule has 2 heterocycles. The van der Waals surface area contributed by atoms with Gasteiger partial charge >= 0.3 is 0 Å². The van der Waals surface area contributed by atoms with Gasteiger partial charge in [-0.3, -0.25) is 9.98 Å². The van der Waals surface area contributed by atoms with Gasteiger partial charge in [-0.05, 0) is 42.2 Å². The third-order valence-electron chi connectivity index (χ3n) is 3.25. The summed E-state index contributed by atoms with van der Waals surface area (Å²) in [6.07, 6.45) is 8.15. The fourth-order valence-corrected chi connectivity index (χ4v) is 2.35. The Morgan fingerprint density at radius 2 is 1.76 bits per heavy atom. The first-order valence-electron chi connectivity index (χ1n) is 6.64. The second-order valence-electron chi connectivity index (χ2n) is 4.66. The molecule has 1 aliphatic heterocycles. The second-order valence-corrected chi connectivity index (χ2v) is 4.66. The van der Waals surface area contributed by atoms with Crippen LogP contribution in [0.15, 0.2) is 65.4 Å². The summed E-state index contributed by atoms with van der Waals surface area (Å²) in [6, 6.07) is 14.5. The molecular formula is C17H18Cl2N2. The Balaban J connectivity index is 0.00000110. The lowest BCUT2D eigenvalue weighted by Gasteiger charge is -2.16. The molecule has 21 heavy (non-hydrogen) atoms. The summed E-state index contributed by atoms with van der Waals surface area (Å²) in [5.41, 5.74) is 4.76. The molecular weight excluding hydrogens is 303 g/mol. The molecule has 0 saturated carbocycles. The summed E-state index contributed by atoms with van der Waals surface area (Å²) in [7, 11) is 0. The van der Waals surface area contributed by atoms with E-state index >= 15 is 0 Å². The predicted octanol–water partition coefficient (Wildman–Crippen LogP) is 4.59. The van der Waals surface area contributed by atoms with Crippen LogP contribution in [0.3, 0.4) is 0 Å². The van der Waals surface area contributed by atoms with Crippen molar-refractivity contribution in [2.24, 2.45) is 4.99 Å². The highest BCUT2D eigenvalue weighted by Crippen LogP contribution is 2.21. The van der Waals surface area contributed by atoms with E-state index in [1.54, 1.807) is 6.20 Å². The number of allylic oxidation sites excluding steroid dienone is 1. The van der Waals surface area contributed by atoms with Crippen molar-refractivity contribution in [3.8, 4) is 0 Å². The van der Waals surface area contributed by atoms with Crippen molar-refractivity contribution in [2.45, 2.75) is 12.8 Å². The third kappa shape index (κ3) is 4.42. The van der Waals surface area contributed by atoms with E-state index in [9.17, 15) is 0 Å². The molecule has 1 aliphatic rings. The number of hydrogen-bond acceptors (Lipinski definition) is 2. The molecule has 0 spiro atoms. The van der Waals surface area contributed by atoms with E-state index < -0.39 is 0 Å². The van der Waals surface area contributed by atoms with Gasteiger partial charge in [0, 0.05) is 24.5 Å². The maximum absolute atomic E-state index is 4.69. The van der Waals surface area contributed by atoms with Crippen LogP contribution in [-0.2, 0) is 0 Å². The van der Waals surface area contributed by atoms with Crippen molar-refractivity contribution in [1.29, 1.82) is 0 Å². The minimum absolute atomic E-state index is 0. The van der Waals surface area contributed by atoms with Crippen LogP contribution < -0.4 is 0 Å². The van der Waals surface area contributed by atoms with Crippen LogP contribution in [0.4, 0.5) is 0 Å². The molecule has 0 N–H and O–H groups in total. The highest BCUT2D eigenvalue weighted by Gasteiger charge is 2.13. The Morgan fingerprint density at radius 3 is 2.48 bits per heavy atom. The Bertz CT molecular complexity index is 607. The highest BCUT2D eigenvalue weighted by molar-refractivity contribution is 6.15. The molecule has 0 fully saturated rings. The van der Waals surface area contributed by atoms with Crippen molar-refractivity contribution >= 4 is 36.6 Å². The van der Waals surface area contributed by atoms with Crippen molar-refractivity contribution in [2.75, 3.05) is 6.54 Å². The molecule has 0 bridgehead atoms. The van der Waals surface area contributed by atoms with Crippen LogP contribution in [0.25, 0.3) is 6.08 Å². The standard InChI is InChI=1S/C17H16N2.2ClH/c1-2-6-14(7-3-1)12-15-8-5-11-19-17(15)16-9-4-10-18-13-16;;/h1-4,6-7,9-10,12-13H,5,8,11H2;2*1H/b15-12+;;. The first-order chi connectivity index (χ1) is 9.43. The first-order valence-corrected chi connectivity index (χ1v) is 6.64. The molecule has 0 atom stereocenters. The van der Waals surface area contributed by atoms with Gasteiger partial charge in [0.15, 0.2) is 0 Å². The van der Waals surface area contributed by atoms with E-state index in [1.807, 2.05) is 18.3 Å². The molecule has 110 valence electrons. The third-order valence-corrected chi connectivity index (χ3v) is 3.25. The van der Waals surface area contributed by atoms with E-state index in [1.165, 1.54) is 11.1 Å². The molecule has 1 aromatic carbocycles. The number of benzene rings is 1. The lowest BCUT2D eigenvalue weighted by atomic mass is 9.95. The number of halogens is 2. The first kappa shape index (κ1) is 17.4. The lowest BCUT2D eigenvalue weighted by molar-refractivity contribution is 0.818. The summed E-state index contributed by atoms with van der Waals surface area (Å²) < 4.78 is 0. The van der Waals surface area contributed by atoms with Gasteiger partial charge in [0.05, 0.1) is 5.71 Å². The molecule has 0 aliphatic carbocycles. The number of rotatable bonds is 2. The molecule has 0 amide bonds. The summed E-state index contributed by atoms with van der Waals surface area (Å²) in [5, 5.41) is 0. The maximum atomic E-state index is 4.69. The van der Waals surface area contributed by atoms with Crippen molar-refractivity contribution in [1.82, 2.24) is 4.98 Å². The molecule has 0 unspecified atom stereocenters. The van der Waals surface area contributed by atoms with Crippen molar-refractivity contribution in [3.05, 3.63) is 71.6 Å². The minimum Gasteiger partial charge on any atom is -0.284 e. The van der Waals surface area contributed by atoms with E-state index in [0.717, 1.165) is 30.7 Å². The smallest absolute Gasteiger partial charge is 0.0694 e. The van der Waals surface area contributed by atoms with Gasteiger partial charge in [-0.2, -0.15) is 0 Å². The Kier molecular flexibility index (Phi) is 7.13. The van der Waals surface area contributed by atoms with Crippen LogP contribution in [0, 0.1) is 0 Å². The maximum Gasteiger partial charge on any atom is 0.0694 e. The zero-order valence-electron chi connectivity index (χ0n) is 11.6. The Hall–Kier alpha value is -1.64. The highest BCUT2D eigenvalue weighted by atomic mass is 35.5. The van der Waals surface area contributed by atoms with Gasteiger partial charge in [-0.25, -0.2) is 0 Å². The summed E-state index contributed by atoms with van der Waals surface area (Å²) in [5.74, 6) is 0. The average Bonchev–Trinajstić information content (AvgIpc) is 2.50. The zero-order valence-corrected chi connectivity index (χ0v) is 13.2. The molecule has 0 radical (unpaired) electrons. The Labute approximate surface area is 137 Å². The zero-order chi connectivity index (χ0) is 12.9. The second kappa shape index (κ2) is 8.60. The van der Waals surface area contributed by atoms with E-state index in [2.05, 4.69) is 46.4 Å². The summed E-state index contributed by atoms with van der Waals surface area (Å²) in [6.45, 7) is 0.913. The van der Waals surface area contributed by atoms with Crippen LogP contribution in [0.5, 0.6) is 0 Å². The topological polar surface area (TPSA) is 25.2 Å². The fourth-order valence-electron chi connectivity index (χ4n) is 2.35. The number of aromatic nitrogens is 1. The quantitative estimate of drug-likeness (QED) is 0.794. The predicted molar refractivity (Wildman–Crippen MR) is 93.8 cm³/mol. The van der Waals surface area contributed by atoms with Crippen LogP contribution in [-0.4, -0.2) is 17.2 Å². The Morgan fingerprint density at radius 1 is 0.952 bits per heavy atom. The monoisotopic (exact) mass is 320 g/mol.